The zero-order chi connectivity index (χ0) is 12.3. The molecule has 1 saturated heterocycles. The molecule has 0 radical (unpaired) electrons. The third kappa shape index (κ3) is 3.11. The van der Waals surface area contributed by atoms with E-state index in [0.29, 0.717) is 5.92 Å². The maximum Gasteiger partial charge on any atom is 0.0441 e. The number of halogens is 1. The summed E-state index contributed by atoms with van der Waals surface area (Å²) in [4.78, 5) is 0. The second-order valence-electron chi connectivity index (χ2n) is 4.85. The van der Waals surface area contributed by atoms with Crippen LogP contribution in [0.25, 0.3) is 6.08 Å². The van der Waals surface area contributed by atoms with Crippen LogP contribution in [0.4, 0.5) is 0 Å². The summed E-state index contributed by atoms with van der Waals surface area (Å²) >= 11 is 6.16. The first-order valence-corrected chi connectivity index (χ1v) is 6.71. The lowest BCUT2D eigenvalue weighted by Gasteiger charge is -2.19. The quantitative estimate of drug-likeness (QED) is 0.836. The van der Waals surface area contributed by atoms with Crippen LogP contribution in [0, 0.1) is 19.8 Å². The Balaban J connectivity index is 2.17. The van der Waals surface area contributed by atoms with Crippen molar-refractivity contribution in [2.24, 2.45) is 5.92 Å². The molecule has 17 heavy (non-hydrogen) atoms. The Hall–Kier alpha value is -0.790. The standard InChI is InChI=1S/C15H20ClN/c1-11-3-6-15(16)12(2)14(11)5-4-13-7-9-17-10-8-13/h3-6,13,17H,7-10H2,1-2H3/b5-4+. The van der Waals surface area contributed by atoms with E-state index in [1.165, 1.54) is 29.5 Å². The van der Waals surface area contributed by atoms with Gasteiger partial charge in [0.1, 0.15) is 0 Å². The number of benzene rings is 1. The first kappa shape index (κ1) is 12.7. The largest absolute Gasteiger partial charge is 0.317 e. The Bertz CT molecular complexity index is 417. The molecule has 2 rings (SSSR count). The van der Waals surface area contributed by atoms with E-state index in [4.69, 9.17) is 11.6 Å². The van der Waals surface area contributed by atoms with Crippen molar-refractivity contribution >= 4 is 17.7 Å². The molecule has 92 valence electrons. The highest BCUT2D eigenvalue weighted by atomic mass is 35.5. The molecule has 1 aliphatic rings. The third-order valence-corrected chi connectivity index (χ3v) is 4.00. The third-order valence-electron chi connectivity index (χ3n) is 3.59. The molecule has 0 aromatic heterocycles. The molecule has 1 aromatic carbocycles. The van der Waals surface area contributed by atoms with Crippen LogP contribution in [-0.4, -0.2) is 13.1 Å². The minimum Gasteiger partial charge on any atom is -0.317 e. The Morgan fingerprint density at radius 3 is 2.65 bits per heavy atom. The Morgan fingerprint density at radius 2 is 1.94 bits per heavy atom. The highest BCUT2D eigenvalue weighted by molar-refractivity contribution is 6.31. The first-order valence-electron chi connectivity index (χ1n) is 6.33. The molecule has 0 spiro atoms. The molecule has 1 aliphatic heterocycles. The molecular formula is C15H20ClN. The molecule has 1 fully saturated rings. The molecule has 1 heterocycles. The van der Waals surface area contributed by atoms with Crippen molar-refractivity contribution in [3.8, 4) is 0 Å². The monoisotopic (exact) mass is 249 g/mol. The van der Waals surface area contributed by atoms with Gasteiger partial charge in [0.25, 0.3) is 0 Å². The molecule has 0 aliphatic carbocycles. The van der Waals surface area contributed by atoms with E-state index < -0.39 is 0 Å². The van der Waals surface area contributed by atoms with Crippen LogP contribution >= 0.6 is 11.6 Å². The molecule has 0 saturated carbocycles. The Morgan fingerprint density at radius 1 is 1.24 bits per heavy atom. The SMILES string of the molecule is Cc1ccc(Cl)c(C)c1/C=C/C1CCNCC1. The average Bonchev–Trinajstić information content (AvgIpc) is 2.35. The zero-order valence-electron chi connectivity index (χ0n) is 10.6. The Labute approximate surface area is 109 Å². The lowest BCUT2D eigenvalue weighted by atomic mass is 9.95. The fourth-order valence-corrected chi connectivity index (χ4v) is 2.53. The van der Waals surface area contributed by atoms with Gasteiger partial charge in [0.2, 0.25) is 0 Å². The molecule has 1 aromatic rings. The summed E-state index contributed by atoms with van der Waals surface area (Å²) < 4.78 is 0. The second kappa shape index (κ2) is 5.70. The number of nitrogens with one attached hydrogen (secondary N) is 1. The molecule has 1 nitrogen and oxygen atoms in total. The van der Waals surface area contributed by atoms with Gasteiger partial charge in [-0.15, -0.1) is 0 Å². The van der Waals surface area contributed by atoms with E-state index in [9.17, 15) is 0 Å². The van der Waals surface area contributed by atoms with Gasteiger partial charge in [-0.3, -0.25) is 0 Å². The fourth-order valence-electron chi connectivity index (χ4n) is 2.36. The number of rotatable bonds is 2. The van der Waals surface area contributed by atoms with Crippen molar-refractivity contribution in [1.82, 2.24) is 5.32 Å². The molecule has 0 bridgehead atoms. The highest BCUT2D eigenvalue weighted by Gasteiger charge is 2.10. The zero-order valence-corrected chi connectivity index (χ0v) is 11.3. The normalized spacial score (nSPS) is 17.8. The van der Waals surface area contributed by atoms with Crippen LogP contribution in [0.15, 0.2) is 18.2 Å². The summed E-state index contributed by atoms with van der Waals surface area (Å²) in [5.74, 6) is 0.717. The van der Waals surface area contributed by atoms with Crippen LogP contribution in [0.3, 0.4) is 0 Å². The number of piperidine rings is 1. The predicted molar refractivity (Wildman–Crippen MR) is 75.6 cm³/mol. The van der Waals surface area contributed by atoms with Crippen LogP contribution in [-0.2, 0) is 0 Å². The van der Waals surface area contributed by atoms with Gasteiger partial charge < -0.3 is 5.32 Å². The van der Waals surface area contributed by atoms with Crippen LogP contribution in [0.1, 0.15) is 29.5 Å². The molecule has 1 N–H and O–H groups in total. The lowest BCUT2D eigenvalue weighted by Crippen LogP contribution is -2.26. The number of aryl methyl sites for hydroxylation is 1. The molecule has 0 amide bonds. The van der Waals surface area contributed by atoms with Gasteiger partial charge in [0.05, 0.1) is 0 Å². The van der Waals surface area contributed by atoms with Gasteiger partial charge >= 0.3 is 0 Å². The summed E-state index contributed by atoms with van der Waals surface area (Å²) in [5, 5.41) is 4.25. The van der Waals surface area contributed by atoms with Crippen LogP contribution in [0.5, 0.6) is 0 Å². The van der Waals surface area contributed by atoms with E-state index in [2.05, 4.69) is 37.4 Å². The summed E-state index contributed by atoms with van der Waals surface area (Å²) in [6, 6.07) is 4.07. The van der Waals surface area contributed by atoms with Gasteiger partial charge in [-0.1, -0.05) is 29.8 Å². The van der Waals surface area contributed by atoms with E-state index in [1.807, 2.05) is 6.07 Å². The van der Waals surface area contributed by atoms with Crippen molar-refractivity contribution in [3.05, 3.63) is 39.9 Å². The topological polar surface area (TPSA) is 12.0 Å². The number of hydrogen-bond donors (Lipinski definition) is 1. The van der Waals surface area contributed by atoms with Gasteiger partial charge in [-0.05, 0) is 68.5 Å². The summed E-state index contributed by atoms with van der Waals surface area (Å²) in [6.07, 6.45) is 7.10. The fraction of sp³-hybridized carbons (Fsp3) is 0.467. The molecule has 2 heteroatoms. The minimum absolute atomic E-state index is 0.717. The van der Waals surface area contributed by atoms with E-state index in [1.54, 1.807) is 0 Å². The summed E-state index contributed by atoms with van der Waals surface area (Å²) in [7, 11) is 0. The maximum atomic E-state index is 6.16. The molecule has 0 unspecified atom stereocenters. The van der Waals surface area contributed by atoms with E-state index in [-0.39, 0.29) is 0 Å². The number of allylic oxidation sites excluding steroid dienone is 1. The van der Waals surface area contributed by atoms with Crippen molar-refractivity contribution in [2.45, 2.75) is 26.7 Å². The van der Waals surface area contributed by atoms with Crippen LogP contribution in [0.2, 0.25) is 5.02 Å². The average molecular weight is 250 g/mol. The minimum atomic E-state index is 0.717. The maximum absolute atomic E-state index is 6.16. The Kier molecular flexibility index (Phi) is 4.25. The van der Waals surface area contributed by atoms with Gasteiger partial charge in [-0.25, -0.2) is 0 Å². The van der Waals surface area contributed by atoms with Crippen LogP contribution < -0.4 is 5.32 Å². The van der Waals surface area contributed by atoms with E-state index >= 15 is 0 Å². The number of hydrogen-bond acceptors (Lipinski definition) is 1. The second-order valence-corrected chi connectivity index (χ2v) is 5.26. The summed E-state index contributed by atoms with van der Waals surface area (Å²) in [5.41, 5.74) is 3.78. The lowest BCUT2D eigenvalue weighted by molar-refractivity contribution is 0.438. The van der Waals surface area contributed by atoms with Gasteiger partial charge in [-0.2, -0.15) is 0 Å². The van der Waals surface area contributed by atoms with E-state index in [0.717, 1.165) is 18.1 Å². The molecular weight excluding hydrogens is 230 g/mol. The predicted octanol–water partition coefficient (Wildman–Crippen LogP) is 3.97. The first-order chi connectivity index (χ1) is 8.18. The van der Waals surface area contributed by atoms with Crippen molar-refractivity contribution < 1.29 is 0 Å². The van der Waals surface area contributed by atoms with Crippen molar-refractivity contribution in [2.75, 3.05) is 13.1 Å². The van der Waals surface area contributed by atoms with Gasteiger partial charge in [0, 0.05) is 5.02 Å². The highest BCUT2D eigenvalue weighted by Crippen LogP contribution is 2.24. The van der Waals surface area contributed by atoms with Crippen molar-refractivity contribution in [3.63, 3.8) is 0 Å². The summed E-state index contributed by atoms with van der Waals surface area (Å²) in [6.45, 7) is 6.52. The molecule has 0 atom stereocenters. The smallest absolute Gasteiger partial charge is 0.0441 e. The van der Waals surface area contributed by atoms with Gasteiger partial charge in [0.15, 0.2) is 0 Å². The van der Waals surface area contributed by atoms with Crippen molar-refractivity contribution in [1.29, 1.82) is 0 Å².